The lowest BCUT2D eigenvalue weighted by atomic mass is 9.84. The lowest BCUT2D eigenvalue weighted by Crippen LogP contribution is -2.39. The van der Waals surface area contributed by atoms with E-state index < -0.39 is 29.7 Å². The first kappa shape index (κ1) is 22.6. The van der Waals surface area contributed by atoms with Crippen LogP contribution in [0.5, 0.6) is 0 Å². The molecule has 8 nitrogen and oxygen atoms in total. The molecule has 0 saturated heterocycles. The number of amides is 1. The summed E-state index contributed by atoms with van der Waals surface area (Å²) >= 11 is 0. The normalized spacial score (nSPS) is 23.6. The molecule has 4 atom stereocenters. The predicted molar refractivity (Wildman–Crippen MR) is 104 cm³/mol. The van der Waals surface area contributed by atoms with Gasteiger partial charge in [-0.15, -0.1) is 0 Å². The van der Waals surface area contributed by atoms with Crippen LogP contribution in [0.1, 0.15) is 48.1 Å². The van der Waals surface area contributed by atoms with E-state index in [1.165, 1.54) is 23.0 Å². The van der Waals surface area contributed by atoms with Gasteiger partial charge < -0.3 is 21.3 Å². The lowest BCUT2D eigenvalue weighted by Gasteiger charge is -2.30. The van der Waals surface area contributed by atoms with E-state index in [0.717, 1.165) is 12.1 Å². The number of rotatable bonds is 5. The third kappa shape index (κ3) is 4.50. The van der Waals surface area contributed by atoms with Gasteiger partial charge in [0, 0.05) is 11.9 Å². The van der Waals surface area contributed by atoms with Crippen molar-refractivity contribution in [2.24, 2.45) is 11.7 Å². The Kier molecular flexibility index (Phi) is 5.98. The van der Waals surface area contributed by atoms with Crippen LogP contribution in [0, 0.1) is 17.2 Å². The van der Waals surface area contributed by atoms with E-state index in [0.29, 0.717) is 25.5 Å². The van der Waals surface area contributed by atoms with Gasteiger partial charge in [-0.2, -0.15) is 23.5 Å². The van der Waals surface area contributed by atoms with Crippen LogP contribution in [0.15, 0.2) is 30.5 Å². The van der Waals surface area contributed by atoms with Crippen LogP contribution in [-0.4, -0.2) is 38.2 Å². The van der Waals surface area contributed by atoms with Gasteiger partial charge in [-0.1, -0.05) is 12.1 Å². The minimum Gasteiger partial charge on any atom is -0.393 e. The SMILES string of the molecule is C[C@](O)(c1ccc(Nc2nn([C@H]3CC[C@@H](O)C[C@@H]3C#N)cc2C(N)=O)cc1)C(F)(F)F. The molecule has 1 amide bonds. The highest BCUT2D eigenvalue weighted by atomic mass is 19.4. The molecular weight excluding hydrogens is 415 g/mol. The Morgan fingerprint density at radius 2 is 1.97 bits per heavy atom. The molecule has 11 heteroatoms. The van der Waals surface area contributed by atoms with Crippen molar-refractivity contribution in [1.29, 1.82) is 5.26 Å². The number of benzene rings is 1. The van der Waals surface area contributed by atoms with E-state index in [-0.39, 0.29) is 29.4 Å². The maximum absolute atomic E-state index is 13.0. The summed E-state index contributed by atoms with van der Waals surface area (Å²) in [4.78, 5) is 11.9. The number of primary amides is 1. The summed E-state index contributed by atoms with van der Waals surface area (Å²) in [6, 6.07) is 6.65. The Balaban J connectivity index is 1.87. The fourth-order valence-corrected chi connectivity index (χ4v) is 3.60. The third-order valence-electron chi connectivity index (χ3n) is 5.55. The zero-order valence-corrected chi connectivity index (χ0v) is 16.6. The summed E-state index contributed by atoms with van der Waals surface area (Å²) in [6.45, 7) is 0.662. The number of nitrogens with zero attached hydrogens (tertiary/aromatic N) is 3. The number of nitrogens with two attached hydrogens (primary N) is 1. The zero-order chi connectivity index (χ0) is 23.0. The van der Waals surface area contributed by atoms with Crippen molar-refractivity contribution in [3.8, 4) is 6.07 Å². The minimum atomic E-state index is -4.84. The van der Waals surface area contributed by atoms with E-state index in [9.17, 15) is 33.4 Å². The fraction of sp³-hybridized carbons (Fsp3) is 0.450. The average molecular weight is 437 g/mol. The van der Waals surface area contributed by atoms with Crippen LogP contribution in [0.25, 0.3) is 0 Å². The number of carbonyl (C=O) groups excluding carboxylic acids is 1. The maximum Gasteiger partial charge on any atom is 0.421 e. The molecule has 1 aromatic carbocycles. The molecule has 0 radical (unpaired) electrons. The first-order valence-electron chi connectivity index (χ1n) is 9.57. The van der Waals surface area contributed by atoms with Crippen LogP contribution in [-0.2, 0) is 5.60 Å². The van der Waals surface area contributed by atoms with Gasteiger partial charge in [0.2, 0.25) is 0 Å². The quantitative estimate of drug-likeness (QED) is 0.568. The van der Waals surface area contributed by atoms with Crippen molar-refractivity contribution in [2.45, 2.75) is 50.1 Å². The van der Waals surface area contributed by atoms with Crippen LogP contribution < -0.4 is 11.1 Å². The molecule has 0 bridgehead atoms. The van der Waals surface area contributed by atoms with Crippen molar-refractivity contribution in [3.05, 3.63) is 41.6 Å². The Bertz CT molecular complexity index is 995. The molecule has 2 aromatic rings. The number of nitriles is 1. The Hall–Kier alpha value is -3.10. The van der Waals surface area contributed by atoms with Crippen molar-refractivity contribution < 1.29 is 28.2 Å². The number of halogens is 3. The van der Waals surface area contributed by atoms with E-state index >= 15 is 0 Å². The number of carbonyl (C=O) groups is 1. The number of alkyl halides is 3. The molecule has 1 heterocycles. The molecule has 1 fully saturated rings. The van der Waals surface area contributed by atoms with Gasteiger partial charge in [0.15, 0.2) is 11.4 Å². The maximum atomic E-state index is 13.0. The summed E-state index contributed by atoms with van der Waals surface area (Å²) in [5.74, 6) is -1.18. The number of aliphatic hydroxyl groups is 2. The standard InChI is InChI=1S/C20H22F3N5O3/c1-19(31,20(21,22)23)12-2-4-13(5-3-12)26-18-15(17(25)30)10-28(27-18)16-7-6-14(29)8-11(16)9-24/h2-5,10-11,14,16,29,31H,6-8H2,1H3,(H2,25,30)(H,26,27)/t11-,14-,16+,19+/m1/s1. The highest BCUT2D eigenvalue weighted by Crippen LogP contribution is 2.39. The summed E-state index contributed by atoms with van der Waals surface area (Å²) < 4.78 is 40.5. The molecule has 1 aliphatic rings. The number of aliphatic hydroxyl groups excluding tert-OH is 1. The number of anilines is 2. The van der Waals surface area contributed by atoms with Crippen LogP contribution in [0.3, 0.4) is 0 Å². The second-order valence-electron chi connectivity index (χ2n) is 7.78. The smallest absolute Gasteiger partial charge is 0.393 e. The van der Waals surface area contributed by atoms with Crippen molar-refractivity contribution in [2.75, 3.05) is 5.32 Å². The summed E-state index contributed by atoms with van der Waals surface area (Å²) in [5.41, 5.74) is 2.45. The summed E-state index contributed by atoms with van der Waals surface area (Å²) in [6.07, 6.45) is -2.74. The van der Waals surface area contributed by atoms with Gasteiger partial charge in [0.1, 0.15) is 5.56 Å². The van der Waals surface area contributed by atoms with E-state index in [4.69, 9.17) is 5.73 Å². The Labute approximate surface area is 176 Å². The molecule has 166 valence electrons. The Morgan fingerprint density at radius 3 is 2.52 bits per heavy atom. The second kappa shape index (κ2) is 8.20. The van der Waals surface area contributed by atoms with Gasteiger partial charge in [-0.05, 0) is 43.9 Å². The predicted octanol–water partition coefficient (Wildman–Crippen LogP) is 2.72. The zero-order valence-electron chi connectivity index (χ0n) is 16.6. The van der Waals surface area contributed by atoms with Crippen LogP contribution in [0.4, 0.5) is 24.7 Å². The molecule has 0 spiro atoms. The molecule has 1 saturated carbocycles. The molecular formula is C20H22F3N5O3. The fourth-order valence-electron chi connectivity index (χ4n) is 3.60. The molecule has 0 aliphatic heterocycles. The highest BCUT2D eigenvalue weighted by molar-refractivity contribution is 5.98. The van der Waals surface area contributed by atoms with E-state index in [2.05, 4.69) is 16.5 Å². The topological polar surface area (TPSA) is 137 Å². The monoisotopic (exact) mass is 437 g/mol. The van der Waals surface area contributed by atoms with E-state index in [1.54, 1.807) is 0 Å². The van der Waals surface area contributed by atoms with Crippen molar-refractivity contribution in [1.82, 2.24) is 9.78 Å². The second-order valence-corrected chi connectivity index (χ2v) is 7.78. The number of aromatic nitrogens is 2. The van der Waals surface area contributed by atoms with Gasteiger partial charge in [-0.3, -0.25) is 9.48 Å². The van der Waals surface area contributed by atoms with Gasteiger partial charge in [-0.25, -0.2) is 0 Å². The molecule has 5 N–H and O–H groups in total. The molecule has 31 heavy (non-hydrogen) atoms. The number of hydrogen-bond donors (Lipinski definition) is 4. The lowest BCUT2D eigenvalue weighted by molar-refractivity contribution is -0.258. The van der Waals surface area contributed by atoms with Crippen molar-refractivity contribution >= 4 is 17.4 Å². The first-order valence-corrected chi connectivity index (χ1v) is 9.57. The van der Waals surface area contributed by atoms with Crippen LogP contribution in [0.2, 0.25) is 0 Å². The van der Waals surface area contributed by atoms with E-state index in [1.807, 2.05) is 0 Å². The highest BCUT2D eigenvalue weighted by Gasteiger charge is 2.51. The van der Waals surface area contributed by atoms with Gasteiger partial charge in [0.25, 0.3) is 5.91 Å². The summed E-state index contributed by atoms with van der Waals surface area (Å²) in [7, 11) is 0. The molecule has 3 rings (SSSR count). The Morgan fingerprint density at radius 1 is 1.32 bits per heavy atom. The minimum absolute atomic E-state index is 0.0502. The van der Waals surface area contributed by atoms with Crippen LogP contribution >= 0.6 is 0 Å². The average Bonchev–Trinajstić information content (AvgIpc) is 3.11. The molecule has 1 aromatic heterocycles. The van der Waals surface area contributed by atoms with Gasteiger partial charge >= 0.3 is 6.18 Å². The summed E-state index contributed by atoms with van der Waals surface area (Å²) in [5, 5.41) is 36.1. The van der Waals surface area contributed by atoms with Gasteiger partial charge in [0.05, 0.1) is 24.1 Å². The number of nitrogens with one attached hydrogen (secondary N) is 1. The molecule has 1 aliphatic carbocycles. The number of hydrogen-bond acceptors (Lipinski definition) is 6. The largest absolute Gasteiger partial charge is 0.421 e. The molecule has 0 unspecified atom stereocenters. The third-order valence-corrected chi connectivity index (χ3v) is 5.55. The first-order chi connectivity index (χ1) is 14.4. The van der Waals surface area contributed by atoms with Crippen molar-refractivity contribution in [3.63, 3.8) is 0 Å².